The average molecular weight is 195 g/mol. The molecule has 0 saturated carbocycles. The normalized spacial score (nSPS) is 10.9. The SMILES string of the molecule is Cc1c(N)nc(=S)n2ncn(C)c12. The van der Waals surface area contributed by atoms with E-state index in [-0.39, 0.29) is 0 Å². The molecule has 5 nitrogen and oxygen atoms in total. The van der Waals surface area contributed by atoms with Gasteiger partial charge < -0.3 is 10.3 Å². The molecule has 0 amide bonds. The van der Waals surface area contributed by atoms with E-state index in [1.807, 2.05) is 18.5 Å². The van der Waals surface area contributed by atoms with Crippen molar-refractivity contribution in [2.45, 2.75) is 6.92 Å². The number of nitrogens with zero attached hydrogens (tertiary/aromatic N) is 4. The number of aromatic nitrogens is 4. The van der Waals surface area contributed by atoms with Gasteiger partial charge in [0.15, 0.2) is 0 Å². The Morgan fingerprint density at radius 1 is 1.54 bits per heavy atom. The average Bonchev–Trinajstić information content (AvgIpc) is 2.44. The molecule has 0 fully saturated rings. The highest BCUT2D eigenvalue weighted by Gasteiger charge is 2.07. The second-order valence-corrected chi connectivity index (χ2v) is 3.25. The van der Waals surface area contributed by atoms with E-state index in [1.165, 1.54) is 0 Å². The van der Waals surface area contributed by atoms with Crippen LogP contribution in [-0.4, -0.2) is 19.2 Å². The third-order valence-electron chi connectivity index (χ3n) is 1.99. The van der Waals surface area contributed by atoms with E-state index in [0.29, 0.717) is 10.6 Å². The Hall–Kier alpha value is -1.43. The zero-order valence-corrected chi connectivity index (χ0v) is 8.17. The summed E-state index contributed by atoms with van der Waals surface area (Å²) in [5.41, 5.74) is 7.47. The number of aryl methyl sites for hydroxylation is 2. The van der Waals surface area contributed by atoms with Crippen LogP contribution in [0.1, 0.15) is 5.56 Å². The quantitative estimate of drug-likeness (QED) is 0.628. The Morgan fingerprint density at radius 2 is 2.23 bits per heavy atom. The lowest BCUT2D eigenvalue weighted by molar-refractivity contribution is 0.897. The van der Waals surface area contributed by atoms with Crippen molar-refractivity contribution in [3.63, 3.8) is 0 Å². The van der Waals surface area contributed by atoms with Crippen LogP contribution < -0.4 is 5.73 Å². The largest absolute Gasteiger partial charge is 0.383 e. The fourth-order valence-electron chi connectivity index (χ4n) is 1.30. The molecule has 2 N–H and O–H groups in total. The molecule has 0 aliphatic rings. The van der Waals surface area contributed by atoms with Crippen molar-refractivity contribution in [1.29, 1.82) is 0 Å². The molecule has 0 aliphatic carbocycles. The topological polar surface area (TPSA) is 61.1 Å². The molecule has 0 spiro atoms. The smallest absolute Gasteiger partial charge is 0.224 e. The highest BCUT2D eigenvalue weighted by atomic mass is 32.1. The molecule has 0 bridgehead atoms. The van der Waals surface area contributed by atoms with E-state index >= 15 is 0 Å². The van der Waals surface area contributed by atoms with Crippen molar-refractivity contribution in [3.8, 4) is 0 Å². The zero-order valence-electron chi connectivity index (χ0n) is 7.35. The van der Waals surface area contributed by atoms with Gasteiger partial charge >= 0.3 is 0 Å². The summed E-state index contributed by atoms with van der Waals surface area (Å²) in [6, 6.07) is 0. The van der Waals surface area contributed by atoms with Crippen LogP contribution in [0.25, 0.3) is 5.65 Å². The first-order valence-corrected chi connectivity index (χ1v) is 4.18. The van der Waals surface area contributed by atoms with Crippen molar-refractivity contribution in [2.75, 3.05) is 5.73 Å². The number of rotatable bonds is 0. The number of hydrogen-bond donors (Lipinski definition) is 1. The standard InChI is InChI=1S/C7H9N5S/c1-4-5(8)10-7(13)12-6(4)11(2)3-9-12/h3H,1-2H3,(H2,8,10,13). The third-order valence-corrected chi connectivity index (χ3v) is 2.26. The molecule has 0 unspecified atom stereocenters. The van der Waals surface area contributed by atoms with Gasteiger partial charge in [0.1, 0.15) is 17.8 Å². The lowest BCUT2D eigenvalue weighted by Gasteiger charge is -2.02. The van der Waals surface area contributed by atoms with Crippen LogP contribution in [0.3, 0.4) is 0 Å². The van der Waals surface area contributed by atoms with Crippen LogP contribution in [0, 0.1) is 11.7 Å². The molecule has 13 heavy (non-hydrogen) atoms. The fraction of sp³-hybridized carbons (Fsp3) is 0.286. The van der Waals surface area contributed by atoms with Gasteiger partial charge in [-0.1, -0.05) is 0 Å². The summed E-state index contributed by atoms with van der Waals surface area (Å²) in [6.45, 7) is 1.90. The second-order valence-electron chi connectivity index (χ2n) is 2.88. The monoisotopic (exact) mass is 195 g/mol. The Kier molecular flexibility index (Phi) is 1.59. The molecule has 2 heterocycles. The number of nitrogen functional groups attached to an aromatic ring is 1. The Morgan fingerprint density at radius 3 is 2.92 bits per heavy atom. The van der Waals surface area contributed by atoms with E-state index in [0.717, 1.165) is 11.2 Å². The minimum atomic E-state index is 0.388. The molecule has 2 rings (SSSR count). The number of anilines is 1. The minimum Gasteiger partial charge on any atom is -0.383 e. The van der Waals surface area contributed by atoms with Gasteiger partial charge in [0.05, 0.1) is 0 Å². The van der Waals surface area contributed by atoms with Crippen LogP contribution in [0.2, 0.25) is 0 Å². The van der Waals surface area contributed by atoms with E-state index < -0.39 is 0 Å². The zero-order chi connectivity index (χ0) is 9.59. The van der Waals surface area contributed by atoms with Gasteiger partial charge in [0.2, 0.25) is 4.77 Å². The lowest BCUT2D eigenvalue weighted by Crippen LogP contribution is -2.03. The molecule has 68 valence electrons. The highest BCUT2D eigenvalue weighted by molar-refractivity contribution is 7.71. The van der Waals surface area contributed by atoms with Crippen molar-refractivity contribution in [2.24, 2.45) is 7.05 Å². The molecular weight excluding hydrogens is 186 g/mol. The summed E-state index contributed by atoms with van der Waals surface area (Å²) < 4.78 is 3.85. The molecule has 2 aromatic heterocycles. The molecule has 0 aliphatic heterocycles. The minimum absolute atomic E-state index is 0.388. The molecule has 0 aromatic carbocycles. The Balaban J connectivity index is 3.10. The second kappa shape index (κ2) is 2.53. The first-order valence-electron chi connectivity index (χ1n) is 3.77. The van der Waals surface area contributed by atoms with E-state index in [4.69, 9.17) is 18.0 Å². The number of fused-ring (bicyclic) bond motifs is 1. The predicted molar refractivity (Wildman–Crippen MR) is 51.9 cm³/mol. The van der Waals surface area contributed by atoms with Gasteiger partial charge in [0.25, 0.3) is 0 Å². The highest BCUT2D eigenvalue weighted by Crippen LogP contribution is 2.13. The van der Waals surface area contributed by atoms with Crippen LogP contribution in [0.5, 0.6) is 0 Å². The molecular formula is C7H9N5S. The molecule has 0 atom stereocenters. The summed E-state index contributed by atoms with van der Waals surface area (Å²) in [4.78, 5) is 3.99. The molecule has 2 aromatic rings. The van der Waals surface area contributed by atoms with Crippen LogP contribution in [0.4, 0.5) is 5.82 Å². The van der Waals surface area contributed by atoms with Crippen LogP contribution in [-0.2, 0) is 7.05 Å². The van der Waals surface area contributed by atoms with Gasteiger partial charge in [0, 0.05) is 12.6 Å². The Labute approximate surface area is 79.8 Å². The maximum atomic E-state index is 5.68. The number of nitrogens with two attached hydrogens (primary N) is 1. The molecule has 6 heteroatoms. The summed E-state index contributed by atoms with van der Waals surface area (Å²) >= 11 is 5.01. The first-order chi connectivity index (χ1) is 6.11. The summed E-state index contributed by atoms with van der Waals surface area (Å²) in [5.74, 6) is 0.466. The van der Waals surface area contributed by atoms with Crippen LogP contribution >= 0.6 is 12.2 Å². The van der Waals surface area contributed by atoms with E-state index in [2.05, 4.69) is 10.1 Å². The van der Waals surface area contributed by atoms with Gasteiger partial charge in [-0.3, -0.25) is 0 Å². The van der Waals surface area contributed by atoms with Gasteiger partial charge in [-0.25, -0.2) is 4.98 Å². The molecule has 0 saturated heterocycles. The Bertz CT molecular complexity index is 523. The maximum absolute atomic E-state index is 5.68. The maximum Gasteiger partial charge on any atom is 0.224 e. The first kappa shape index (κ1) is 8.18. The van der Waals surface area contributed by atoms with Gasteiger partial charge in [-0.05, 0) is 19.1 Å². The van der Waals surface area contributed by atoms with Crippen molar-refractivity contribution < 1.29 is 0 Å². The van der Waals surface area contributed by atoms with Crippen molar-refractivity contribution in [3.05, 3.63) is 16.7 Å². The fourth-order valence-corrected chi connectivity index (χ4v) is 1.53. The lowest BCUT2D eigenvalue weighted by atomic mass is 10.3. The van der Waals surface area contributed by atoms with Crippen molar-refractivity contribution >= 4 is 23.7 Å². The van der Waals surface area contributed by atoms with Crippen LogP contribution in [0.15, 0.2) is 6.33 Å². The van der Waals surface area contributed by atoms with Gasteiger partial charge in [-0.2, -0.15) is 9.61 Å². The summed E-state index contributed by atoms with van der Waals surface area (Å²) in [7, 11) is 1.89. The van der Waals surface area contributed by atoms with E-state index in [9.17, 15) is 0 Å². The summed E-state index contributed by atoms with van der Waals surface area (Å²) in [5, 5.41) is 4.08. The van der Waals surface area contributed by atoms with Gasteiger partial charge in [-0.15, -0.1) is 0 Å². The third kappa shape index (κ3) is 1.02. The summed E-state index contributed by atoms with van der Waals surface area (Å²) in [6.07, 6.45) is 1.68. The van der Waals surface area contributed by atoms with Crippen molar-refractivity contribution in [1.82, 2.24) is 19.2 Å². The predicted octanol–water partition coefficient (Wildman–Crippen LogP) is 0.688. The number of hydrogen-bond acceptors (Lipinski definition) is 4. The molecule has 0 radical (unpaired) electrons. The van der Waals surface area contributed by atoms with E-state index in [1.54, 1.807) is 10.8 Å².